The number of hydrogen-bond acceptors (Lipinski definition) is 4. The maximum atomic E-state index is 11.2. The van der Waals surface area contributed by atoms with Gasteiger partial charge in [0.15, 0.2) is 5.96 Å². The molecule has 0 saturated carbocycles. The Morgan fingerprint density at radius 3 is 2.72 bits per heavy atom. The third-order valence-corrected chi connectivity index (χ3v) is 6.51. The van der Waals surface area contributed by atoms with E-state index in [4.69, 9.17) is 0 Å². The first-order chi connectivity index (χ1) is 14.0. The van der Waals surface area contributed by atoms with E-state index >= 15 is 0 Å². The van der Waals surface area contributed by atoms with Crippen molar-refractivity contribution in [3.63, 3.8) is 0 Å². The molecule has 2 unspecified atom stereocenters. The highest BCUT2D eigenvalue weighted by atomic mass is 32.2. The van der Waals surface area contributed by atoms with Gasteiger partial charge in [0, 0.05) is 38.8 Å². The molecule has 2 saturated heterocycles. The van der Waals surface area contributed by atoms with Crippen molar-refractivity contribution in [2.45, 2.75) is 38.8 Å². The van der Waals surface area contributed by atoms with Crippen molar-refractivity contribution in [3.05, 3.63) is 35.9 Å². The highest BCUT2D eigenvalue weighted by molar-refractivity contribution is 7.88. The van der Waals surface area contributed by atoms with Crippen LogP contribution in [0.1, 0.15) is 31.7 Å². The van der Waals surface area contributed by atoms with Gasteiger partial charge >= 0.3 is 0 Å². The Morgan fingerprint density at radius 1 is 1.21 bits per heavy atom. The van der Waals surface area contributed by atoms with Gasteiger partial charge in [0.1, 0.15) is 0 Å². The number of nitrogens with zero attached hydrogens (tertiary/aromatic N) is 3. The maximum absolute atomic E-state index is 11.2. The molecule has 2 heterocycles. The highest BCUT2D eigenvalue weighted by Crippen LogP contribution is 2.31. The van der Waals surface area contributed by atoms with E-state index < -0.39 is 10.0 Å². The average molecular weight is 422 g/mol. The highest BCUT2D eigenvalue weighted by Gasteiger charge is 2.36. The van der Waals surface area contributed by atoms with E-state index in [-0.39, 0.29) is 0 Å². The monoisotopic (exact) mass is 421 g/mol. The first-order valence-electron chi connectivity index (χ1n) is 10.7. The molecule has 2 atom stereocenters. The lowest BCUT2D eigenvalue weighted by atomic mass is 9.83. The van der Waals surface area contributed by atoms with Gasteiger partial charge in [-0.05, 0) is 44.2 Å². The van der Waals surface area contributed by atoms with Gasteiger partial charge < -0.3 is 10.2 Å². The Balaban J connectivity index is 1.59. The summed E-state index contributed by atoms with van der Waals surface area (Å²) >= 11 is 0. The molecule has 0 radical (unpaired) electrons. The van der Waals surface area contributed by atoms with Crippen LogP contribution in [-0.2, 0) is 16.6 Å². The van der Waals surface area contributed by atoms with Crippen molar-refractivity contribution < 1.29 is 8.42 Å². The number of aliphatic imine (C=N–C) groups is 1. The number of fused-ring (bicyclic) bond motifs is 1. The SMILES string of the molecule is CCNC(=NCCNS(C)(=O)=O)N1CCC2C(CCCN2Cc2ccccc2)C1. The number of piperidine rings is 2. The second kappa shape index (κ2) is 10.4. The van der Waals surface area contributed by atoms with Gasteiger partial charge in [-0.25, -0.2) is 13.1 Å². The molecule has 2 N–H and O–H groups in total. The number of sulfonamides is 1. The molecule has 1 aromatic rings. The molecule has 3 rings (SSSR count). The quantitative estimate of drug-likeness (QED) is 0.396. The summed E-state index contributed by atoms with van der Waals surface area (Å²) in [4.78, 5) is 9.68. The number of nitrogens with one attached hydrogen (secondary N) is 2. The maximum Gasteiger partial charge on any atom is 0.208 e. The number of rotatable bonds is 7. The Kier molecular flexibility index (Phi) is 7.91. The molecule has 1 aromatic carbocycles. The Hall–Kier alpha value is -1.64. The lowest BCUT2D eigenvalue weighted by Gasteiger charge is -2.48. The van der Waals surface area contributed by atoms with Crippen LogP contribution in [0.15, 0.2) is 35.3 Å². The molecular weight excluding hydrogens is 386 g/mol. The predicted octanol–water partition coefficient (Wildman–Crippen LogP) is 1.49. The second-order valence-corrected chi connectivity index (χ2v) is 9.90. The van der Waals surface area contributed by atoms with Crippen LogP contribution in [0.4, 0.5) is 0 Å². The first kappa shape index (κ1) is 22.1. The zero-order chi connectivity index (χ0) is 20.7. The van der Waals surface area contributed by atoms with Gasteiger partial charge in [-0.15, -0.1) is 0 Å². The standard InChI is InChI=1S/C21H35N5O2S/c1-3-22-21(23-12-13-24-29(2,27)28)26-15-11-20-19(17-26)10-7-14-25(20)16-18-8-5-4-6-9-18/h4-6,8-9,19-20,24H,3,7,10-17H2,1-2H3,(H,22,23). The predicted molar refractivity (Wildman–Crippen MR) is 118 cm³/mol. The summed E-state index contributed by atoms with van der Waals surface area (Å²) < 4.78 is 25.0. The van der Waals surface area contributed by atoms with Crippen LogP contribution in [0.25, 0.3) is 0 Å². The van der Waals surface area contributed by atoms with Crippen LogP contribution >= 0.6 is 0 Å². The number of guanidine groups is 1. The number of benzene rings is 1. The first-order valence-corrected chi connectivity index (χ1v) is 12.6. The van der Waals surface area contributed by atoms with Crippen molar-refractivity contribution >= 4 is 16.0 Å². The summed E-state index contributed by atoms with van der Waals surface area (Å²) in [5.41, 5.74) is 1.39. The summed E-state index contributed by atoms with van der Waals surface area (Å²) in [6.07, 6.45) is 4.83. The van der Waals surface area contributed by atoms with Crippen LogP contribution < -0.4 is 10.0 Å². The summed E-state index contributed by atoms with van der Waals surface area (Å²) in [6, 6.07) is 11.4. The van der Waals surface area contributed by atoms with E-state index in [2.05, 4.69) is 62.1 Å². The molecule has 0 bridgehead atoms. The zero-order valence-corrected chi connectivity index (χ0v) is 18.5. The largest absolute Gasteiger partial charge is 0.357 e. The van der Waals surface area contributed by atoms with Gasteiger partial charge in [-0.2, -0.15) is 0 Å². The molecular formula is C21H35N5O2S. The van der Waals surface area contributed by atoms with Gasteiger partial charge in [-0.3, -0.25) is 9.89 Å². The van der Waals surface area contributed by atoms with Crippen molar-refractivity contribution in [1.82, 2.24) is 19.8 Å². The molecule has 7 nitrogen and oxygen atoms in total. The van der Waals surface area contributed by atoms with E-state index in [1.807, 2.05) is 0 Å². The fourth-order valence-electron chi connectivity index (χ4n) is 4.53. The summed E-state index contributed by atoms with van der Waals surface area (Å²) in [6.45, 7) is 7.87. The minimum absolute atomic E-state index is 0.332. The smallest absolute Gasteiger partial charge is 0.208 e. The molecule has 0 spiro atoms. The van der Waals surface area contributed by atoms with Crippen LogP contribution in [0.5, 0.6) is 0 Å². The lowest BCUT2D eigenvalue weighted by Crippen LogP contribution is -2.56. The third kappa shape index (κ3) is 6.69. The van der Waals surface area contributed by atoms with Gasteiger partial charge in [0.2, 0.25) is 10.0 Å². The molecule has 2 aliphatic rings. The van der Waals surface area contributed by atoms with E-state index in [1.165, 1.54) is 31.2 Å². The van der Waals surface area contributed by atoms with E-state index in [1.54, 1.807) is 0 Å². The average Bonchev–Trinajstić information content (AvgIpc) is 2.70. The fraction of sp³-hybridized carbons (Fsp3) is 0.667. The summed E-state index contributed by atoms with van der Waals surface area (Å²) in [7, 11) is -3.17. The van der Waals surface area contributed by atoms with E-state index in [9.17, 15) is 8.42 Å². The Bertz CT molecular complexity index is 769. The molecule has 2 fully saturated rings. The minimum Gasteiger partial charge on any atom is -0.357 e. The van der Waals surface area contributed by atoms with Crippen LogP contribution in [0.2, 0.25) is 0 Å². The molecule has 29 heavy (non-hydrogen) atoms. The zero-order valence-electron chi connectivity index (χ0n) is 17.7. The Labute approximate surface area is 175 Å². The van der Waals surface area contributed by atoms with Gasteiger partial charge in [0.05, 0.1) is 12.8 Å². The van der Waals surface area contributed by atoms with Gasteiger partial charge in [-0.1, -0.05) is 30.3 Å². The fourth-order valence-corrected chi connectivity index (χ4v) is 4.99. The number of likely N-dealkylation sites (tertiary alicyclic amines) is 2. The minimum atomic E-state index is -3.17. The van der Waals surface area contributed by atoms with Crippen molar-refractivity contribution in [1.29, 1.82) is 0 Å². The topological polar surface area (TPSA) is 77.0 Å². The van der Waals surface area contributed by atoms with Crippen molar-refractivity contribution in [2.24, 2.45) is 10.9 Å². The second-order valence-electron chi connectivity index (χ2n) is 8.06. The molecule has 2 aliphatic heterocycles. The molecule has 0 aromatic heterocycles. The summed E-state index contributed by atoms with van der Waals surface area (Å²) in [5, 5.41) is 3.38. The lowest BCUT2D eigenvalue weighted by molar-refractivity contribution is 0.0372. The summed E-state index contributed by atoms with van der Waals surface area (Å²) in [5.74, 6) is 1.56. The number of hydrogen-bond donors (Lipinski definition) is 2. The van der Waals surface area contributed by atoms with E-state index in [0.717, 1.165) is 38.6 Å². The van der Waals surface area contributed by atoms with Crippen LogP contribution in [0, 0.1) is 5.92 Å². The van der Waals surface area contributed by atoms with Gasteiger partial charge in [0.25, 0.3) is 0 Å². The molecule has 162 valence electrons. The third-order valence-electron chi connectivity index (χ3n) is 5.78. The molecule has 0 aliphatic carbocycles. The van der Waals surface area contributed by atoms with Crippen molar-refractivity contribution in [3.8, 4) is 0 Å². The Morgan fingerprint density at radius 2 is 2.00 bits per heavy atom. The molecule has 0 amide bonds. The van der Waals surface area contributed by atoms with E-state index in [0.29, 0.717) is 25.0 Å². The molecule has 8 heteroatoms. The van der Waals surface area contributed by atoms with Crippen molar-refractivity contribution in [2.75, 3.05) is 45.5 Å². The van der Waals surface area contributed by atoms with Crippen LogP contribution in [-0.4, -0.2) is 75.7 Å². The normalized spacial score (nSPS) is 23.7. The van der Waals surface area contributed by atoms with Crippen LogP contribution in [0.3, 0.4) is 0 Å².